The zero-order valence-electron chi connectivity index (χ0n) is 9.00. The highest BCUT2D eigenvalue weighted by Crippen LogP contribution is 2.68. The number of rotatable bonds is 2. The van der Waals surface area contributed by atoms with Crippen LogP contribution in [0.1, 0.15) is 0 Å². The zero-order valence-corrected chi connectivity index (χ0v) is 17.1. The fraction of sp³-hybridized carbons (Fsp3) is 0. The Morgan fingerprint density at radius 1 is 1.10 bits per heavy atom. The zero-order chi connectivity index (χ0) is 15.0. The van der Waals surface area contributed by atoms with Gasteiger partial charge in [-0.05, 0) is 46.9 Å². The van der Waals surface area contributed by atoms with E-state index in [9.17, 15) is 0 Å². The van der Waals surface area contributed by atoms with Crippen molar-refractivity contribution in [3.8, 4) is 5.75 Å². The minimum absolute atomic E-state index is 0.0448. The molecule has 112 valence electrons. The Bertz CT molecular complexity index is 513. The van der Waals surface area contributed by atoms with Gasteiger partial charge in [-0.25, -0.2) is 0 Å². The van der Waals surface area contributed by atoms with Crippen LogP contribution >= 0.6 is 105 Å². The molecule has 1 fully saturated rings. The highest BCUT2D eigenvalue weighted by molar-refractivity contribution is 7.97. The summed E-state index contributed by atoms with van der Waals surface area (Å²) in [6.45, 7) is 0. The molecule has 0 saturated carbocycles. The lowest BCUT2D eigenvalue weighted by atomic mass is 10.3. The maximum atomic E-state index is 6.21. The molecule has 0 amide bonds. The maximum Gasteiger partial charge on any atom is 0.353 e. The highest BCUT2D eigenvalue weighted by atomic mass is 35.7. The second kappa shape index (κ2) is 7.86. The van der Waals surface area contributed by atoms with Gasteiger partial charge in [0.2, 0.25) is 14.6 Å². The van der Waals surface area contributed by atoms with Gasteiger partial charge in [-0.1, -0.05) is 58.6 Å². The molecule has 14 heteroatoms. The lowest BCUT2D eigenvalue weighted by molar-refractivity contribution is -0.835. The Hall–Kier alpha value is 2.22. The quantitative estimate of drug-likeness (QED) is 0.313. The summed E-state index contributed by atoms with van der Waals surface area (Å²) in [5.74, 6) is 0.327. The molecule has 4 atom stereocenters. The van der Waals surface area contributed by atoms with Crippen LogP contribution in [0.25, 0.3) is 0 Å². The van der Waals surface area contributed by atoms with Crippen LogP contribution in [0.2, 0.25) is 15.1 Å². The van der Waals surface area contributed by atoms with Gasteiger partial charge < -0.3 is 4.84 Å². The molecule has 1 aliphatic rings. The van der Waals surface area contributed by atoms with Gasteiger partial charge in [0.25, 0.3) is 0 Å². The van der Waals surface area contributed by atoms with Crippen molar-refractivity contribution < 1.29 is 9.44 Å². The summed E-state index contributed by atoms with van der Waals surface area (Å²) in [4.78, 5) is 5.67. The summed E-state index contributed by atoms with van der Waals surface area (Å²) >= 11 is 42.1. The van der Waals surface area contributed by atoms with Crippen molar-refractivity contribution in [3.63, 3.8) is 0 Å². The second-order valence-electron chi connectivity index (χ2n) is 3.19. The fourth-order valence-electron chi connectivity index (χ4n) is 1.12. The predicted molar refractivity (Wildman–Crippen MR) is 92.3 cm³/mol. The molecule has 1 aliphatic heterocycles. The molecule has 4 nitrogen and oxygen atoms in total. The summed E-state index contributed by atoms with van der Waals surface area (Å²) in [6, 6.07) is 3.16. The smallest absolute Gasteiger partial charge is 0.310 e. The van der Waals surface area contributed by atoms with Crippen molar-refractivity contribution >= 4 is 105 Å². The standard InChI is InChI=1S/C6H3Cl7N3OP3/c7-3-1-2-4(6(9)5(3)8)17-16-18-14(10)19(12)15(11)20(16)13/h1-2,18H/p+1. The Morgan fingerprint density at radius 2 is 1.75 bits per heavy atom. The van der Waals surface area contributed by atoms with Crippen LogP contribution in [-0.2, 0) is 0 Å². The molecule has 1 saturated heterocycles. The molecule has 0 radical (unpaired) electrons. The Morgan fingerprint density at radius 3 is 2.40 bits per heavy atom. The number of hydrogen-bond acceptors (Lipinski definition) is 3. The van der Waals surface area contributed by atoms with Crippen LogP contribution < -0.4 is 9.44 Å². The molecular weight excluding hydrogens is 471 g/mol. The van der Waals surface area contributed by atoms with Crippen LogP contribution in [0.4, 0.5) is 0 Å². The first-order valence-electron chi connectivity index (χ1n) is 4.61. The summed E-state index contributed by atoms with van der Waals surface area (Å²) in [6.07, 6.45) is 0. The van der Waals surface area contributed by atoms with E-state index in [4.69, 9.17) is 85.7 Å². The van der Waals surface area contributed by atoms with E-state index in [2.05, 4.69) is 0 Å². The second-order valence-corrected chi connectivity index (χ2v) is 12.7. The first-order valence-corrected chi connectivity index (χ1v) is 11.7. The van der Waals surface area contributed by atoms with Crippen LogP contribution in [0, 0.1) is 0 Å². The first-order chi connectivity index (χ1) is 9.32. The Labute approximate surface area is 154 Å². The van der Waals surface area contributed by atoms with E-state index in [0.29, 0.717) is 15.4 Å². The van der Waals surface area contributed by atoms with Gasteiger partial charge in [0, 0.05) is 0 Å². The molecule has 1 heterocycles. The average Bonchev–Trinajstić information content (AvgIpc) is 2.42. The number of benzene rings is 1. The molecule has 0 aliphatic carbocycles. The average molecular weight is 475 g/mol. The molecular formula is C6H4Cl7N3OP3+. The van der Waals surface area contributed by atoms with E-state index < -0.39 is 15.2 Å². The number of hydrogen-bond donors (Lipinski definition) is 1. The predicted octanol–water partition coefficient (Wildman–Crippen LogP) is 6.19. The molecule has 1 aromatic carbocycles. The first kappa shape index (κ1) is 18.6. The lowest BCUT2D eigenvalue weighted by Gasteiger charge is -2.34. The van der Waals surface area contributed by atoms with E-state index >= 15 is 0 Å². The molecule has 2 rings (SSSR count). The van der Waals surface area contributed by atoms with E-state index in [0.717, 1.165) is 0 Å². The van der Waals surface area contributed by atoms with E-state index in [1.54, 1.807) is 12.1 Å². The summed E-state index contributed by atoms with van der Waals surface area (Å²) < 4.78 is 3.05. The molecule has 0 bridgehead atoms. The monoisotopic (exact) mass is 472 g/mol. The van der Waals surface area contributed by atoms with Crippen molar-refractivity contribution in [2.75, 3.05) is 0 Å². The fourth-order valence-corrected chi connectivity index (χ4v) is 9.87. The summed E-state index contributed by atoms with van der Waals surface area (Å²) in [5.41, 5.74) is 0. The minimum Gasteiger partial charge on any atom is -0.310 e. The van der Waals surface area contributed by atoms with Crippen LogP contribution in [-0.4, -0.2) is 7.92 Å². The molecule has 1 N–H and O–H groups in total. The van der Waals surface area contributed by atoms with Gasteiger partial charge >= 0.3 is 7.58 Å². The van der Waals surface area contributed by atoms with Crippen molar-refractivity contribution in [1.29, 1.82) is 0 Å². The van der Waals surface area contributed by atoms with Crippen molar-refractivity contribution in [2.24, 2.45) is 0 Å². The van der Waals surface area contributed by atoms with Gasteiger partial charge in [-0.3, -0.25) is 0 Å². The third-order valence-electron chi connectivity index (χ3n) is 1.99. The number of halogens is 7. The molecule has 4 unspecified atom stereocenters. The van der Waals surface area contributed by atoms with Gasteiger partial charge in [-0.15, -0.1) is 0 Å². The SMILES string of the molecule is Clc1ccc(O[NH+]2PN(Cl)P(Cl)N(Cl)P2Cl)c(Cl)c1Cl. The van der Waals surface area contributed by atoms with Crippen molar-refractivity contribution in [3.05, 3.63) is 27.2 Å². The van der Waals surface area contributed by atoms with Gasteiger partial charge in [0.05, 0.1) is 10.0 Å². The lowest BCUT2D eigenvalue weighted by Crippen LogP contribution is -3.01. The topological polar surface area (TPSA) is 20.2 Å². The third kappa shape index (κ3) is 4.00. The van der Waals surface area contributed by atoms with E-state index in [-0.39, 0.29) is 18.9 Å². The summed E-state index contributed by atoms with van der Waals surface area (Å²) in [5, 5.41) is 0.725. The van der Waals surface area contributed by atoms with Gasteiger partial charge in [0.15, 0.2) is 7.58 Å². The third-order valence-corrected chi connectivity index (χ3v) is 13.4. The minimum atomic E-state index is -1.42. The molecule has 1 aromatic rings. The van der Waals surface area contributed by atoms with Crippen LogP contribution in [0.15, 0.2) is 12.1 Å². The normalized spacial score (nSPS) is 29.9. The molecule has 0 spiro atoms. The summed E-state index contributed by atoms with van der Waals surface area (Å²) in [7, 11) is -2.84. The largest absolute Gasteiger partial charge is 0.353 e. The number of nitrogens with one attached hydrogen (secondary N) is 1. The highest BCUT2D eigenvalue weighted by Gasteiger charge is 2.46. The molecule has 20 heavy (non-hydrogen) atoms. The molecule has 0 aromatic heterocycles. The Balaban J connectivity index is 2.20. The number of quaternary nitrogens is 1. The Kier molecular flexibility index (Phi) is 7.29. The van der Waals surface area contributed by atoms with E-state index in [1.807, 2.05) is 0 Å². The maximum absolute atomic E-state index is 6.21. The van der Waals surface area contributed by atoms with E-state index in [1.165, 1.54) is 7.92 Å². The van der Waals surface area contributed by atoms with Crippen molar-refractivity contribution in [2.45, 2.75) is 0 Å². The van der Waals surface area contributed by atoms with Crippen LogP contribution in [0.5, 0.6) is 5.75 Å². The van der Waals surface area contributed by atoms with Gasteiger partial charge in [-0.2, -0.15) is 0 Å². The van der Waals surface area contributed by atoms with Gasteiger partial charge in [0.1, 0.15) is 5.02 Å². The van der Waals surface area contributed by atoms with Crippen LogP contribution in [0.3, 0.4) is 0 Å². The number of nitrogens with zero attached hydrogens (tertiary/aromatic N) is 2. The van der Waals surface area contributed by atoms with Crippen molar-refractivity contribution in [1.82, 2.24) is 7.92 Å².